The van der Waals surface area contributed by atoms with Gasteiger partial charge in [0, 0.05) is 14.1 Å². The fraction of sp³-hybridized carbons (Fsp3) is 0.600. The van der Waals surface area contributed by atoms with Crippen LogP contribution in [0.15, 0.2) is 0 Å². The number of hydrazine groups is 1. The molecule has 1 amide bonds. The molecule has 0 atom stereocenters. The van der Waals surface area contributed by atoms with Crippen molar-refractivity contribution >= 4 is 11.9 Å². The third-order valence-electron chi connectivity index (χ3n) is 0.660. The molecule has 0 aliphatic carbocycles. The van der Waals surface area contributed by atoms with E-state index in [1.54, 1.807) is 14.1 Å². The van der Waals surface area contributed by atoms with Crippen molar-refractivity contribution in [3.63, 3.8) is 0 Å². The van der Waals surface area contributed by atoms with Crippen molar-refractivity contribution in [2.24, 2.45) is 0 Å². The molecule has 0 aliphatic rings. The van der Waals surface area contributed by atoms with E-state index < -0.39 is 18.3 Å². The van der Waals surface area contributed by atoms with Gasteiger partial charge in [0.05, 0.1) is 0 Å². The van der Waals surface area contributed by atoms with Gasteiger partial charge >= 0.3 is 5.97 Å². The molecule has 5 nitrogen and oxygen atoms in total. The fourth-order valence-corrected chi connectivity index (χ4v) is 0.426. The van der Waals surface area contributed by atoms with Gasteiger partial charge < -0.3 is 5.11 Å². The van der Waals surface area contributed by atoms with Gasteiger partial charge in [0.15, 0.2) is 0 Å². The van der Waals surface area contributed by atoms with E-state index in [0.29, 0.717) is 0 Å². The smallest absolute Gasteiger partial charge is 0.312 e. The summed E-state index contributed by atoms with van der Waals surface area (Å²) in [6.07, 6.45) is -0.488. The standard InChI is InChI=1S/C5H10N2O3/c1-7(2)6-4(8)3-5(9)10/h3H2,1-2H3,(H,6,8)(H,9,10). The average Bonchev–Trinajstić information content (AvgIpc) is 1.58. The third kappa shape index (κ3) is 5.04. The van der Waals surface area contributed by atoms with E-state index in [9.17, 15) is 9.59 Å². The molecule has 0 spiro atoms. The molecule has 0 aromatic rings. The van der Waals surface area contributed by atoms with E-state index in [2.05, 4.69) is 5.43 Å². The van der Waals surface area contributed by atoms with Crippen LogP contribution >= 0.6 is 0 Å². The van der Waals surface area contributed by atoms with Gasteiger partial charge in [-0.25, -0.2) is 5.01 Å². The topological polar surface area (TPSA) is 69.6 Å². The van der Waals surface area contributed by atoms with Crippen LogP contribution in [-0.4, -0.2) is 36.1 Å². The number of nitrogens with one attached hydrogen (secondary N) is 1. The lowest BCUT2D eigenvalue weighted by Gasteiger charge is -2.09. The number of hydrogen-bond acceptors (Lipinski definition) is 3. The van der Waals surface area contributed by atoms with Crippen LogP contribution in [0.5, 0.6) is 0 Å². The minimum Gasteiger partial charge on any atom is -0.481 e. The third-order valence-corrected chi connectivity index (χ3v) is 0.660. The van der Waals surface area contributed by atoms with Gasteiger partial charge in [-0.15, -0.1) is 0 Å². The molecule has 5 heteroatoms. The highest BCUT2D eigenvalue weighted by Gasteiger charge is 2.06. The second kappa shape index (κ2) is 3.84. The zero-order valence-electron chi connectivity index (χ0n) is 5.92. The summed E-state index contributed by atoms with van der Waals surface area (Å²) in [5.41, 5.74) is 2.29. The summed E-state index contributed by atoms with van der Waals surface area (Å²) >= 11 is 0. The largest absolute Gasteiger partial charge is 0.481 e. The van der Waals surface area contributed by atoms with Crippen LogP contribution in [0.2, 0.25) is 0 Å². The quantitative estimate of drug-likeness (QED) is 0.398. The van der Waals surface area contributed by atoms with Gasteiger partial charge in [-0.05, 0) is 0 Å². The van der Waals surface area contributed by atoms with Gasteiger partial charge in [0.25, 0.3) is 0 Å². The van der Waals surface area contributed by atoms with Gasteiger partial charge in [-0.1, -0.05) is 0 Å². The Morgan fingerprint density at radius 1 is 1.50 bits per heavy atom. The molecular weight excluding hydrogens is 136 g/mol. The Morgan fingerprint density at radius 2 is 2.00 bits per heavy atom. The van der Waals surface area contributed by atoms with Crippen LogP contribution < -0.4 is 5.43 Å². The summed E-state index contributed by atoms with van der Waals surface area (Å²) in [6, 6.07) is 0. The zero-order valence-corrected chi connectivity index (χ0v) is 5.92. The number of carbonyl (C=O) groups is 2. The Balaban J connectivity index is 3.54. The van der Waals surface area contributed by atoms with Crippen LogP contribution in [0.3, 0.4) is 0 Å². The fourth-order valence-electron chi connectivity index (χ4n) is 0.426. The van der Waals surface area contributed by atoms with Crippen molar-refractivity contribution < 1.29 is 14.7 Å². The first kappa shape index (κ1) is 8.90. The Kier molecular flexibility index (Phi) is 3.42. The van der Waals surface area contributed by atoms with Gasteiger partial charge in [-0.2, -0.15) is 0 Å². The molecule has 58 valence electrons. The second-order valence-corrected chi connectivity index (χ2v) is 2.00. The minimum atomic E-state index is -1.13. The summed E-state index contributed by atoms with van der Waals surface area (Å²) in [5, 5.41) is 9.51. The summed E-state index contributed by atoms with van der Waals surface area (Å²) in [4.78, 5) is 20.4. The van der Waals surface area contributed by atoms with E-state index >= 15 is 0 Å². The number of hydrogen-bond donors (Lipinski definition) is 2. The first-order valence-corrected chi connectivity index (χ1v) is 2.71. The molecule has 10 heavy (non-hydrogen) atoms. The average molecular weight is 146 g/mol. The first-order valence-electron chi connectivity index (χ1n) is 2.71. The molecule has 0 aromatic carbocycles. The maximum Gasteiger partial charge on any atom is 0.312 e. The number of amides is 1. The van der Waals surface area contributed by atoms with E-state index in [-0.39, 0.29) is 0 Å². The van der Waals surface area contributed by atoms with Crippen LogP contribution in [0.25, 0.3) is 0 Å². The number of carbonyl (C=O) groups excluding carboxylic acids is 1. The molecule has 0 aliphatic heterocycles. The molecule has 0 saturated heterocycles. The number of rotatable bonds is 3. The molecule has 0 saturated carbocycles. The summed E-state index contributed by atoms with van der Waals surface area (Å²) < 4.78 is 0. The molecule has 0 radical (unpaired) electrons. The Bertz CT molecular complexity index is 144. The maximum atomic E-state index is 10.5. The van der Waals surface area contributed by atoms with Crippen molar-refractivity contribution in [1.82, 2.24) is 10.4 Å². The summed E-state index contributed by atoms with van der Waals surface area (Å²) in [7, 11) is 3.22. The lowest BCUT2D eigenvalue weighted by Crippen LogP contribution is -2.37. The predicted molar refractivity (Wildman–Crippen MR) is 34.1 cm³/mol. The maximum absolute atomic E-state index is 10.5. The van der Waals surface area contributed by atoms with E-state index in [0.717, 1.165) is 0 Å². The lowest BCUT2D eigenvalue weighted by molar-refractivity contribution is -0.141. The van der Waals surface area contributed by atoms with Crippen LogP contribution in [0, 0.1) is 0 Å². The Labute approximate surface area is 58.6 Å². The summed E-state index contributed by atoms with van der Waals surface area (Å²) in [5.74, 6) is -1.64. The van der Waals surface area contributed by atoms with Crippen LogP contribution in [-0.2, 0) is 9.59 Å². The molecule has 0 rings (SSSR count). The molecule has 0 aromatic heterocycles. The highest BCUT2D eigenvalue weighted by Crippen LogP contribution is 1.78. The van der Waals surface area contributed by atoms with E-state index in [4.69, 9.17) is 5.11 Å². The van der Waals surface area contributed by atoms with Crippen LogP contribution in [0.1, 0.15) is 6.42 Å². The van der Waals surface area contributed by atoms with Crippen LogP contribution in [0.4, 0.5) is 0 Å². The molecule has 0 fully saturated rings. The van der Waals surface area contributed by atoms with Crippen molar-refractivity contribution in [3.05, 3.63) is 0 Å². The highest BCUT2D eigenvalue weighted by molar-refractivity contribution is 5.92. The number of nitrogens with zero attached hydrogens (tertiary/aromatic N) is 1. The second-order valence-electron chi connectivity index (χ2n) is 2.00. The van der Waals surface area contributed by atoms with E-state index in [1.165, 1.54) is 5.01 Å². The summed E-state index contributed by atoms with van der Waals surface area (Å²) in [6.45, 7) is 0. The highest BCUT2D eigenvalue weighted by atomic mass is 16.4. The molecule has 0 unspecified atom stereocenters. The van der Waals surface area contributed by atoms with Crippen molar-refractivity contribution in [1.29, 1.82) is 0 Å². The van der Waals surface area contributed by atoms with Gasteiger partial charge in [0.1, 0.15) is 6.42 Å². The molecule has 0 heterocycles. The lowest BCUT2D eigenvalue weighted by atomic mass is 10.4. The van der Waals surface area contributed by atoms with Gasteiger partial charge in [-0.3, -0.25) is 15.0 Å². The molecule has 0 bridgehead atoms. The Morgan fingerprint density at radius 3 is 2.30 bits per heavy atom. The van der Waals surface area contributed by atoms with Crippen molar-refractivity contribution in [2.45, 2.75) is 6.42 Å². The molecule has 2 N–H and O–H groups in total. The monoisotopic (exact) mass is 146 g/mol. The molecular formula is C5H10N2O3. The van der Waals surface area contributed by atoms with Gasteiger partial charge in [0.2, 0.25) is 5.91 Å². The number of aliphatic carboxylic acids is 1. The first-order chi connectivity index (χ1) is 4.52. The Hall–Kier alpha value is -1.10. The normalized spacial score (nSPS) is 9.50. The van der Waals surface area contributed by atoms with E-state index in [1.807, 2.05) is 0 Å². The SMILES string of the molecule is CN(C)NC(=O)CC(=O)O. The predicted octanol–water partition coefficient (Wildman–Crippen LogP) is -0.946. The van der Waals surface area contributed by atoms with Crippen molar-refractivity contribution in [2.75, 3.05) is 14.1 Å². The minimum absolute atomic E-state index is 0.488. The number of carboxylic acids is 1. The van der Waals surface area contributed by atoms with Crippen molar-refractivity contribution in [3.8, 4) is 0 Å². The number of carboxylic acid groups (broad SMARTS) is 1. The zero-order chi connectivity index (χ0) is 8.15.